The van der Waals surface area contributed by atoms with E-state index in [9.17, 15) is 9.59 Å². The monoisotopic (exact) mass is 365 g/mol. The zero-order valence-corrected chi connectivity index (χ0v) is 15.1. The molecule has 1 aromatic heterocycles. The fourth-order valence-electron chi connectivity index (χ4n) is 2.36. The van der Waals surface area contributed by atoms with Gasteiger partial charge in [0.15, 0.2) is 0 Å². The number of aromatic nitrogens is 1. The Morgan fingerprint density at radius 3 is 2.36 bits per heavy atom. The maximum absolute atomic E-state index is 12.3. The first kappa shape index (κ1) is 18.9. The molecule has 7 heteroatoms. The van der Waals surface area contributed by atoms with Crippen LogP contribution < -0.4 is 4.74 Å². The number of rotatable bonds is 7. The predicted octanol–water partition coefficient (Wildman–Crippen LogP) is 3.70. The van der Waals surface area contributed by atoms with Gasteiger partial charge >= 0.3 is 11.9 Å². The van der Waals surface area contributed by atoms with Gasteiger partial charge in [-0.05, 0) is 50.6 Å². The molecule has 0 fully saturated rings. The molecule has 0 atom stereocenters. The largest absolute Gasteiger partial charge is 0.490 e. The molecule has 25 heavy (non-hydrogen) atoms. The van der Waals surface area contributed by atoms with Crippen LogP contribution in [0.25, 0.3) is 0 Å². The number of H-pyrrole nitrogens is 1. The highest BCUT2D eigenvalue weighted by molar-refractivity contribution is 6.30. The Balaban J connectivity index is 1.92. The number of halogens is 1. The number of aryl methyl sites for hydroxylation is 1. The van der Waals surface area contributed by atoms with E-state index < -0.39 is 11.9 Å². The zero-order valence-electron chi connectivity index (χ0n) is 14.3. The van der Waals surface area contributed by atoms with E-state index in [-0.39, 0.29) is 25.5 Å². The summed E-state index contributed by atoms with van der Waals surface area (Å²) in [7, 11) is 0. The minimum absolute atomic E-state index is 0.0836. The van der Waals surface area contributed by atoms with Crippen LogP contribution in [0.2, 0.25) is 5.02 Å². The lowest BCUT2D eigenvalue weighted by Gasteiger charge is -2.08. The SMILES string of the molecule is CCOC(=O)c1[nH]c(C)c(C(=O)OCCOc2ccc(Cl)cc2)c1C. The van der Waals surface area contributed by atoms with Gasteiger partial charge in [0, 0.05) is 10.7 Å². The number of carbonyl (C=O) groups excluding carboxylic acids is 2. The first-order valence-corrected chi connectivity index (χ1v) is 8.23. The summed E-state index contributed by atoms with van der Waals surface area (Å²) in [6.45, 7) is 5.66. The van der Waals surface area contributed by atoms with Gasteiger partial charge in [-0.1, -0.05) is 11.6 Å². The summed E-state index contributed by atoms with van der Waals surface area (Å²) >= 11 is 5.80. The highest BCUT2D eigenvalue weighted by atomic mass is 35.5. The summed E-state index contributed by atoms with van der Waals surface area (Å²) in [4.78, 5) is 27.0. The fraction of sp³-hybridized carbons (Fsp3) is 0.333. The summed E-state index contributed by atoms with van der Waals surface area (Å²) in [5.74, 6) is -0.367. The Hall–Kier alpha value is -2.47. The molecule has 1 N–H and O–H groups in total. The molecule has 0 saturated carbocycles. The summed E-state index contributed by atoms with van der Waals surface area (Å²) in [5.41, 5.74) is 1.68. The highest BCUT2D eigenvalue weighted by Crippen LogP contribution is 2.20. The molecule has 134 valence electrons. The van der Waals surface area contributed by atoms with E-state index in [0.717, 1.165) is 0 Å². The summed E-state index contributed by atoms with van der Waals surface area (Å²) in [6.07, 6.45) is 0. The van der Waals surface area contributed by atoms with E-state index in [2.05, 4.69) is 4.98 Å². The first-order valence-electron chi connectivity index (χ1n) is 7.85. The van der Waals surface area contributed by atoms with Gasteiger partial charge in [0.2, 0.25) is 0 Å². The van der Waals surface area contributed by atoms with E-state index >= 15 is 0 Å². The van der Waals surface area contributed by atoms with Crippen molar-refractivity contribution in [2.75, 3.05) is 19.8 Å². The number of carbonyl (C=O) groups is 2. The molecule has 6 nitrogen and oxygen atoms in total. The molecular weight excluding hydrogens is 346 g/mol. The molecule has 0 unspecified atom stereocenters. The average Bonchev–Trinajstić information content (AvgIpc) is 2.88. The van der Waals surface area contributed by atoms with Gasteiger partial charge in [-0.3, -0.25) is 0 Å². The molecule has 1 heterocycles. The van der Waals surface area contributed by atoms with Gasteiger partial charge in [0.25, 0.3) is 0 Å². The Bertz CT molecular complexity index is 752. The Morgan fingerprint density at radius 1 is 1.04 bits per heavy atom. The third kappa shape index (κ3) is 4.76. The van der Waals surface area contributed by atoms with Crippen molar-refractivity contribution in [3.63, 3.8) is 0 Å². The molecule has 0 spiro atoms. The van der Waals surface area contributed by atoms with E-state index in [4.69, 9.17) is 25.8 Å². The molecule has 0 bridgehead atoms. The third-order valence-electron chi connectivity index (χ3n) is 3.52. The van der Waals surface area contributed by atoms with Crippen molar-refractivity contribution < 1.29 is 23.8 Å². The van der Waals surface area contributed by atoms with Crippen LogP contribution in [-0.4, -0.2) is 36.7 Å². The minimum Gasteiger partial charge on any atom is -0.490 e. The van der Waals surface area contributed by atoms with E-state index in [0.29, 0.717) is 27.6 Å². The first-order chi connectivity index (χ1) is 11.9. The van der Waals surface area contributed by atoms with Gasteiger partial charge in [-0.15, -0.1) is 0 Å². The standard InChI is InChI=1S/C18H20ClNO5/c1-4-23-18(22)16-11(2)15(12(3)20-16)17(21)25-10-9-24-14-7-5-13(19)6-8-14/h5-8,20H,4,9-10H2,1-3H3. The van der Waals surface area contributed by atoms with Gasteiger partial charge in [-0.2, -0.15) is 0 Å². The van der Waals surface area contributed by atoms with Crippen LogP contribution >= 0.6 is 11.6 Å². The van der Waals surface area contributed by atoms with Gasteiger partial charge in [0.05, 0.1) is 12.2 Å². The van der Waals surface area contributed by atoms with Crippen LogP contribution in [0.3, 0.4) is 0 Å². The summed E-state index contributed by atoms with van der Waals surface area (Å²) in [5, 5.41) is 0.620. The highest BCUT2D eigenvalue weighted by Gasteiger charge is 2.23. The Labute approximate surface area is 151 Å². The molecule has 1 aromatic carbocycles. The number of nitrogens with one attached hydrogen (secondary N) is 1. The van der Waals surface area contributed by atoms with E-state index in [1.807, 2.05) is 0 Å². The van der Waals surface area contributed by atoms with Crippen molar-refractivity contribution in [1.82, 2.24) is 4.98 Å². The molecule has 2 rings (SSSR count). The molecule has 0 aliphatic carbocycles. The van der Waals surface area contributed by atoms with Crippen LogP contribution in [0.15, 0.2) is 24.3 Å². The van der Waals surface area contributed by atoms with E-state index in [1.165, 1.54) is 0 Å². The van der Waals surface area contributed by atoms with Crippen LogP contribution in [0, 0.1) is 13.8 Å². The van der Waals surface area contributed by atoms with Crippen LogP contribution in [-0.2, 0) is 9.47 Å². The topological polar surface area (TPSA) is 77.6 Å². The van der Waals surface area contributed by atoms with Crippen molar-refractivity contribution in [1.29, 1.82) is 0 Å². The smallest absolute Gasteiger partial charge is 0.355 e. The molecular formula is C18H20ClNO5. The number of ether oxygens (including phenoxy) is 3. The fourth-order valence-corrected chi connectivity index (χ4v) is 2.49. The van der Waals surface area contributed by atoms with Crippen molar-refractivity contribution in [2.45, 2.75) is 20.8 Å². The quantitative estimate of drug-likeness (QED) is 0.598. The molecule has 0 radical (unpaired) electrons. The molecule has 2 aromatic rings. The second kappa shape index (κ2) is 8.58. The summed E-state index contributed by atoms with van der Waals surface area (Å²) in [6, 6.07) is 6.89. The van der Waals surface area contributed by atoms with Crippen LogP contribution in [0.5, 0.6) is 5.75 Å². The van der Waals surface area contributed by atoms with E-state index in [1.54, 1.807) is 45.0 Å². The minimum atomic E-state index is -0.512. The predicted molar refractivity (Wildman–Crippen MR) is 93.5 cm³/mol. The Kier molecular flexibility index (Phi) is 6.47. The van der Waals surface area contributed by atoms with Gasteiger partial charge in [0.1, 0.15) is 24.7 Å². The lowest BCUT2D eigenvalue weighted by Crippen LogP contribution is -2.14. The molecule has 0 saturated heterocycles. The lowest BCUT2D eigenvalue weighted by molar-refractivity contribution is 0.0449. The van der Waals surface area contributed by atoms with Gasteiger partial charge < -0.3 is 19.2 Å². The number of hydrogen-bond donors (Lipinski definition) is 1. The maximum atomic E-state index is 12.3. The number of benzene rings is 1. The van der Waals surface area contributed by atoms with Crippen molar-refractivity contribution in [2.24, 2.45) is 0 Å². The average molecular weight is 366 g/mol. The number of hydrogen-bond acceptors (Lipinski definition) is 5. The maximum Gasteiger partial charge on any atom is 0.355 e. The van der Waals surface area contributed by atoms with Crippen molar-refractivity contribution >= 4 is 23.5 Å². The second-order valence-corrected chi connectivity index (χ2v) is 5.72. The molecule has 0 aliphatic heterocycles. The third-order valence-corrected chi connectivity index (χ3v) is 3.77. The lowest BCUT2D eigenvalue weighted by atomic mass is 10.1. The van der Waals surface area contributed by atoms with Crippen LogP contribution in [0.1, 0.15) is 39.0 Å². The number of esters is 2. The second-order valence-electron chi connectivity index (χ2n) is 5.28. The zero-order chi connectivity index (χ0) is 18.4. The van der Waals surface area contributed by atoms with Gasteiger partial charge in [-0.25, -0.2) is 9.59 Å². The number of aromatic amines is 1. The normalized spacial score (nSPS) is 10.4. The summed E-state index contributed by atoms with van der Waals surface area (Å²) < 4.78 is 15.7. The Morgan fingerprint density at radius 2 is 1.72 bits per heavy atom. The molecule has 0 amide bonds. The van der Waals surface area contributed by atoms with Crippen molar-refractivity contribution in [3.8, 4) is 5.75 Å². The van der Waals surface area contributed by atoms with Crippen LogP contribution in [0.4, 0.5) is 0 Å². The van der Waals surface area contributed by atoms with Crippen molar-refractivity contribution in [3.05, 3.63) is 51.8 Å². The molecule has 0 aliphatic rings.